The third-order valence-corrected chi connectivity index (χ3v) is 3.28. The maximum Gasteiger partial charge on any atom is 0.416 e. The summed E-state index contributed by atoms with van der Waals surface area (Å²) in [5.41, 5.74) is 4.43. The van der Waals surface area contributed by atoms with Crippen molar-refractivity contribution in [1.29, 1.82) is 0 Å². The lowest BCUT2D eigenvalue weighted by molar-refractivity contribution is -0.137. The topological polar surface area (TPSA) is 43.1 Å². The van der Waals surface area contributed by atoms with Crippen molar-refractivity contribution in [2.24, 2.45) is 5.73 Å². The number of hydrogen-bond acceptors (Lipinski definition) is 1. The van der Waals surface area contributed by atoms with Crippen LogP contribution in [0.3, 0.4) is 0 Å². The normalized spacial score (nSPS) is 11.5. The number of nitrogens with two attached hydrogens (primary N) is 1. The molecule has 0 saturated carbocycles. The summed E-state index contributed by atoms with van der Waals surface area (Å²) in [4.78, 5) is 10.9. The largest absolute Gasteiger partial charge is 0.416 e. The van der Waals surface area contributed by atoms with Crippen molar-refractivity contribution in [3.63, 3.8) is 0 Å². The van der Waals surface area contributed by atoms with Crippen LogP contribution in [0.2, 0.25) is 0 Å². The van der Waals surface area contributed by atoms with Gasteiger partial charge in [0.25, 0.3) is 0 Å². The number of amides is 1. The highest BCUT2D eigenvalue weighted by Gasteiger charge is 2.32. The molecule has 0 spiro atoms. The van der Waals surface area contributed by atoms with E-state index in [1.807, 2.05) is 0 Å². The highest BCUT2D eigenvalue weighted by atomic mass is 127. The van der Waals surface area contributed by atoms with E-state index in [0.717, 1.165) is 12.1 Å². The molecule has 15 heavy (non-hydrogen) atoms. The number of benzene rings is 1. The third kappa shape index (κ3) is 2.61. The molecule has 0 heterocycles. The molecule has 0 atom stereocenters. The van der Waals surface area contributed by atoms with E-state index >= 15 is 0 Å². The fraction of sp³-hybridized carbons (Fsp3) is 0.222. The van der Waals surface area contributed by atoms with Gasteiger partial charge >= 0.3 is 6.18 Å². The molecule has 2 N–H and O–H groups in total. The summed E-state index contributed by atoms with van der Waals surface area (Å²) >= 11 is 1.80. The number of hydrogen-bond donors (Lipinski definition) is 1. The zero-order valence-electron chi connectivity index (χ0n) is 7.65. The molecule has 82 valence electrons. The van der Waals surface area contributed by atoms with Crippen LogP contribution in [0.5, 0.6) is 0 Å². The molecule has 0 aromatic heterocycles. The first-order valence-corrected chi connectivity index (χ1v) is 4.98. The summed E-state index contributed by atoms with van der Waals surface area (Å²) in [5, 5.41) is 0. The molecule has 6 heteroatoms. The van der Waals surface area contributed by atoms with E-state index in [9.17, 15) is 18.0 Å². The standard InChI is InChI=1S/C9H7F3INO/c1-4-2-5(9(10,11)12)3-6(7(4)13)8(14)15/h2-3H,1H3,(H2,14,15). The number of rotatable bonds is 1. The van der Waals surface area contributed by atoms with Crippen molar-refractivity contribution in [3.8, 4) is 0 Å². The van der Waals surface area contributed by atoms with Crippen molar-refractivity contribution in [2.45, 2.75) is 13.1 Å². The third-order valence-electron chi connectivity index (χ3n) is 1.85. The Balaban J connectivity index is 3.43. The van der Waals surface area contributed by atoms with Crippen LogP contribution in [-0.2, 0) is 6.18 Å². The molecular weight excluding hydrogens is 322 g/mol. The molecule has 0 aliphatic rings. The van der Waals surface area contributed by atoms with Crippen LogP contribution >= 0.6 is 22.6 Å². The molecule has 0 aliphatic heterocycles. The van der Waals surface area contributed by atoms with E-state index in [0.29, 0.717) is 9.13 Å². The van der Waals surface area contributed by atoms with Crippen molar-refractivity contribution in [3.05, 3.63) is 32.4 Å². The first-order valence-electron chi connectivity index (χ1n) is 3.90. The van der Waals surface area contributed by atoms with Gasteiger partial charge in [0.15, 0.2) is 0 Å². The predicted octanol–water partition coefficient (Wildman–Crippen LogP) is 2.72. The highest BCUT2D eigenvalue weighted by molar-refractivity contribution is 14.1. The van der Waals surface area contributed by atoms with Crippen LogP contribution in [0.4, 0.5) is 13.2 Å². The van der Waals surface area contributed by atoms with Gasteiger partial charge in [0.2, 0.25) is 5.91 Å². The fourth-order valence-electron chi connectivity index (χ4n) is 1.11. The van der Waals surface area contributed by atoms with Crippen LogP contribution < -0.4 is 5.73 Å². The molecule has 1 aromatic rings. The van der Waals surface area contributed by atoms with Gasteiger partial charge in [-0.15, -0.1) is 0 Å². The van der Waals surface area contributed by atoms with Crippen molar-refractivity contribution >= 4 is 28.5 Å². The Morgan fingerprint density at radius 1 is 1.40 bits per heavy atom. The molecule has 0 aliphatic carbocycles. The quantitative estimate of drug-likeness (QED) is 0.791. The van der Waals surface area contributed by atoms with Crippen molar-refractivity contribution in [1.82, 2.24) is 0 Å². The lowest BCUT2D eigenvalue weighted by Gasteiger charge is -2.11. The number of primary amides is 1. The Bertz CT molecular complexity index is 415. The van der Waals surface area contributed by atoms with E-state index in [2.05, 4.69) is 0 Å². The van der Waals surface area contributed by atoms with Gasteiger partial charge in [0.05, 0.1) is 11.1 Å². The lowest BCUT2D eigenvalue weighted by Crippen LogP contribution is -2.16. The Kier molecular flexibility index (Phi) is 3.27. The summed E-state index contributed by atoms with van der Waals surface area (Å²) in [5.74, 6) is -0.853. The van der Waals surface area contributed by atoms with E-state index in [1.165, 1.54) is 6.92 Å². The Morgan fingerprint density at radius 3 is 2.33 bits per heavy atom. The second kappa shape index (κ2) is 3.99. The minimum absolute atomic E-state index is 0.0945. The number of carbonyl (C=O) groups excluding carboxylic acids is 1. The van der Waals surface area contributed by atoms with Crippen LogP contribution in [0, 0.1) is 10.5 Å². The van der Waals surface area contributed by atoms with Crippen LogP contribution in [0.1, 0.15) is 21.5 Å². The van der Waals surface area contributed by atoms with Crippen LogP contribution in [0.25, 0.3) is 0 Å². The van der Waals surface area contributed by atoms with Gasteiger partial charge in [0, 0.05) is 3.57 Å². The summed E-state index contributed by atoms with van der Waals surface area (Å²) in [6.45, 7) is 1.50. The van der Waals surface area contributed by atoms with E-state index in [1.54, 1.807) is 22.6 Å². The molecular formula is C9H7F3INO. The molecule has 0 saturated heterocycles. The molecule has 1 rings (SSSR count). The Hall–Kier alpha value is -0.790. The van der Waals surface area contributed by atoms with Gasteiger partial charge in [-0.25, -0.2) is 0 Å². The Labute approximate surface area is 97.8 Å². The molecule has 0 fully saturated rings. The Morgan fingerprint density at radius 2 is 1.93 bits per heavy atom. The van der Waals surface area contributed by atoms with E-state index in [4.69, 9.17) is 5.73 Å². The molecule has 1 aromatic carbocycles. The van der Waals surface area contributed by atoms with Crippen LogP contribution in [-0.4, -0.2) is 5.91 Å². The van der Waals surface area contributed by atoms with Gasteiger partial charge in [-0.3, -0.25) is 4.79 Å². The summed E-state index contributed by atoms with van der Waals surface area (Å²) < 4.78 is 37.6. The number of halogens is 4. The fourth-order valence-corrected chi connectivity index (χ4v) is 1.69. The van der Waals surface area contributed by atoms with Gasteiger partial charge in [0.1, 0.15) is 0 Å². The second-order valence-electron chi connectivity index (χ2n) is 3.02. The number of aryl methyl sites for hydroxylation is 1. The maximum absolute atomic E-state index is 12.4. The number of carbonyl (C=O) groups is 1. The SMILES string of the molecule is Cc1cc(C(F)(F)F)cc(C(N)=O)c1I. The summed E-state index contributed by atoms with van der Waals surface area (Å²) in [7, 11) is 0. The first-order chi connectivity index (χ1) is 6.73. The highest BCUT2D eigenvalue weighted by Crippen LogP contribution is 2.32. The van der Waals surface area contributed by atoms with Crippen molar-refractivity contribution in [2.75, 3.05) is 0 Å². The number of alkyl halides is 3. The molecule has 2 nitrogen and oxygen atoms in total. The molecule has 0 radical (unpaired) electrons. The average Bonchev–Trinajstić information content (AvgIpc) is 2.06. The van der Waals surface area contributed by atoms with Crippen molar-refractivity contribution < 1.29 is 18.0 Å². The first kappa shape index (κ1) is 12.3. The minimum atomic E-state index is -4.46. The van der Waals surface area contributed by atoms with E-state index < -0.39 is 17.6 Å². The predicted molar refractivity (Wildman–Crippen MR) is 57.4 cm³/mol. The average molecular weight is 329 g/mol. The maximum atomic E-state index is 12.4. The summed E-state index contributed by atoms with van der Waals surface area (Å²) in [6.07, 6.45) is -4.46. The molecule has 0 bridgehead atoms. The minimum Gasteiger partial charge on any atom is -0.366 e. The van der Waals surface area contributed by atoms with Gasteiger partial charge in [-0.05, 0) is 47.2 Å². The lowest BCUT2D eigenvalue weighted by atomic mass is 10.1. The van der Waals surface area contributed by atoms with Gasteiger partial charge in [-0.2, -0.15) is 13.2 Å². The zero-order chi connectivity index (χ0) is 11.8. The van der Waals surface area contributed by atoms with Gasteiger partial charge in [-0.1, -0.05) is 0 Å². The molecule has 1 amide bonds. The zero-order valence-corrected chi connectivity index (χ0v) is 9.81. The van der Waals surface area contributed by atoms with Crippen LogP contribution in [0.15, 0.2) is 12.1 Å². The monoisotopic (exact) mass is 329 g/mol. The van der Waals surface area contributed by atoms with Gasteiger partial charge < -0.3 is 5.73 Å². The summed E-state index contributed by atoms with van der Waals surface area (Å²) in [6, 6.07) is 1.77. The van der Waals surface area contributed by atoms with E-state index in [-0.39, 0.29) is 5.56 Å². The second-order valence-corrected chi connectivity index (χ2v) is 4.10. The smallest absolute Gasteiger partial charge is 0.366 e. The molecule has 0 unspecified atom stereocenters.